The predicted molar refractivity (Wildman–Crippen MR) is 99.1 cm³/mol. The Bertz CT molecular complexity index is 892. The van der Waals surface area contributed by atoms with E-state index in [1.54, 1.807) is 27.0 Å². The van der Waals surface area contributed by atoms with Crippen LogP contribution in [0, 0.1) is 0 Å². The molecule has 3 heteroatoms. The topological polar surface area (TPSA) is 42.4 Å². The van der Waals surface area contributed by atoms with Gasteiger partial charge in [-0.3, -0.25) is 4.98 Å². The van der Waals surface area contributed by atoms with E-state index in [1.807, 2.05) is 54.7 Å². The minimum absolute atomic E-state index is 0.792. The molecule has 0 radical (unpaired) electrons. The maximum Gasteiger partial charge on any atom is 0.119 e. The lowest BCUT2D eigenvalue weighted by atomic mass is 9.97. The molecule has 0 saturated carbocycles. The summed E-state index contributed by atoms with van der Waals surface area (Å²) in [5.41, 5.74) is 1.95. The number of hydrogen-bond donors (Lipinski definition) is 1. The molecule has 0 unspecified atom stereocenters. The van der Waals surface area contributed by atoms with E-state index >= 15 is 0 Å². The van der Waals surface area contributed by atoms with Gasteiger partial charge < -0.3 is 9.84 Å². The summed E-state index contributed by atoms with van der Waals surface area (Å²) in [5.74, 6) is 0.792. The number of fused-ring (bicyclic) bond motifs is 1. The van der Waals surface area contributed by atoms with Gasteiger partial charge in [-0.25, -0.2) is 0 Å². The molecule has 0 aliphatic rings. The zero-order chi connectivity index (χ0) is 17.2. The first-order valence-electron chi connectivity index (χ1n) is 7.92. The Hall–Kier alpha value is -2.65. The van der Waals surface area contributed by atoms with Crippen LogP contribution in [0.25, 0.3) is 28.1 Å². The number of rotatable bonds is 4. The van der Waals surface area contributed by atoms with Crippen molar-refractivity contribution < 1.29 is 9.84 Å². The smallest absolute Gasteiger partial charge is 0.119 e. The molecular weight excluding hydrogens is 298 g/mol. The third kappa shape index (κ3) is 3.47. The largest absolute Gasteiger partial charge is 0.497 e. The molecule has 3 nitrogen and oxygen atoms in total. The summed E-state index contributed by atoms with van der Waals surface area (Å²) in [5, 5.41) is 12.2. The van der Waals surface area contributed by atoms with E-state index in [4.69, 9.17) is 4.74 Å². The highest BCUT2D eigenvalue weighted by Crippen LogP contribution is 2.31. The Kier molecular flexibility index (Phi) is 4.36. The fraction of sp³-hybridized carbons (Fsp3) is 0.190. The third-order valence-corrected chi connectivity index (χ3v) is 3.84. The van der Waals surface area contributed by atoms with E-state index in [1.165, 1.54) is 0 Å². The third-order valence-electron chi connectivity index (χ3n) is 3.84. The molecule has 3 aromatic rings. The van der Waals surface area contributed by atoms with Gasteiger partial charge in [0.1, 0.15) is 5.75 Å². The quantitative estimate of drug-likeness (QED) is 0.758. The summed E-state index contributed by atoms with van der Waals surface area (Å²) in [6.07, 6.45) is 5.62. The average molecular weight is 319 g/mol. The second-order valence-electron chi connectivity index (χ2n) is 6.33. The Morgan fingerprint density at radius 3 is 2.62 bits per heavy atom. The van der Waals surface area contributed by atoms with Gasteiger partial charge in [0.15, 0.2) is 0 Å². The Morgan fingerprint density at radius 2 is 1.88 bits per heavy atom. The lowest BCUT2D eigenvalue weighted by Gasteiger charge is -2.13. The Labute approximate surface area is 142 Å². The molecule has 0 bridgehead atoms. The van der Waals surface area contributed by atoms with Gasteiger partial charge in [0.2, 0.25) is 0 Å². The number of pyridine rings is 1. The summed E-state index contributed by atoms with van der Waals surface area (Å²) in [6.45, 7) is 3.51. The van der Waals surface area contributed by atoms with E-state index in [2.05, 4.69) is 11.1 Å². The monoisotopic (exact) mass is 319 g/mol. The molecule has 1 aromatic heterocycles. The molecule has 24 heavy (non-hydrogen) atoms. The molecule has 2 aromatic carbocycles. The summed E-state index contributed by atoms with van der Waals surface area (Å²) in [4.78, 5) is 4.66. The van der Waals surface area contributed by atoms with Gasteiger partial charge in [-0.15, -0.1) is 0 Å². The van der Waals surface area contributed by atoms with Crippen LogP contribution in [0.4, 0.5) is 0 Å². The highest BCUT2D eigenvalue weighted by Gasteiger charge is 2.12. The van der Waals surface area contributed by atoms with Crippen LogP contribution in [0.5, 0.6) is 5.75 Å². The first-order chi connectivity index (χ1) is 11.5. The maximum absolute atomic E-state index is 10.1. The van der Waals surface area contributed by atoms with Gasteiger partial charge in [-0.05, 0) is 31.4 Å². The van der Waals surface area contributed by atoms with E-state index in [0.29, 0.717) is 0 Å². The van der Waals surface area contributed by atoms with Crippen LogP contribution >= 0.6 is 0 Å². The summed E-state index contributed by atoms with van der Waals surface area (Å²) in [6, 6.07) is 16.0. The number of aromatic nitrogens is 1. The highest BCUT2D eigenvalue weighted by molar-refractivity contribution is 5.95. The molecule has 0 aliphatic carbocycles. The average Bonchev–Trinajstić information content (AvgIpc) is 2.58. The van der Waals surface area contributed by atoms with Crippen molar-refractivity contribution in [3.05, 3.63) is 66.4 Å². The first kappa shape index (κ1) is 16.2. The van der Waals surface area contributed by atoms with Gasteiger partial charge in [0, 0.05) is 22.7 Å². The maximum atomic E-state index is 10.1. The van der Waals surface area contributed by atoms with Crippen molar-refractivity contribution in [2.75, 3.05) is 7.11 Å². The SMILES string of the molecule is COc1cccc(-c2ncc3ccccc3c2/C=C/C(C)(C)O)c1. The van der Waals surface area contributed by atoms with Crippen molar-refractivity contribution in [3.8, 4) is 17.0 Å². The second kappa shape index (κ2) is 6.46. The molecular formula is C21H21NO2. The van der Waals surface area contributed by atoms with Crippen molar-refractivity contribution in [3.63, 3.8) is 0 Å². The van der Waals surface area contributed by atoms with Crippen molar-refractivity contribution >= 4 is 16.8 Å². The summed E-state index contributed by atoms with van der Waals surface area (Å²) >= 11 is 0. The van der Waals surface area contributed by atoms with Gasteiger partial charge in [-0.2, -0.15) is 0 Å². The van der Waals surface area contributed by atoms with Crippen LogP contribution in [0.3, 0.4) is 0 Å². The molecule has 1 N–H and O–H groups in total. The van der Waals surface area contributed by atoms with Gasteiger partial charge in [-0.1, -0.05) is 48.6 Å². The van der Waals surface area contributed by atoms with Crippen molar-refractivity contribution in [1.82, 2.24) is 4.98 Å². The zero-order valence-corrected chi connectivity index (χ0v) is 14.2. The lowest BCUT2D eigenvalue weighted by Crippen LogP contribution is -2.13. The van der Waals surface area contributed by atoms with Crippen LogP contribution in [0.1, 0.15) is 19.4 Å². The van der Waals surface area contributed by atoms with Crippen LogP contribution in [0.15, 0.2) is 60.8 Å². The van der Waals surface area contributed by atoms with Crippen molar-refractivity contribution in [2.24, 2.45) is 0 Å². The molecule has 3 rings (SSSR count). The molecule has 0 amide bonds. The zero-order valence-electron chi connectivity index (χ0n) is 14.2. The Balaban J connectivity index is 2.25. The predicted octanol–water partition coefficient (Wildman–Crippen LogP) is 4.69. The number of methoxy groups -OCH3 is 1. The molecule has 0 atom stereocenters. The van der Waals surface area contributed by atoms with Gasteiger partial charge in [0.25, 0.3) is 0 Å². The van der Waals surface area contributed by atoms with Gasteiger partial charge in [0.05, 0.1) is 18.4 Å². The fourth-order valence-electron chi connectivity index (χ4n) is 2.64. The number of hydrogen-bond acceptors (Lipinski definition) is 3. The molecule has 0 aliphatic heterocycles. The lowest BCUT2D eigenvalue weighted by molar-refractivity contribution is 0.134. The minimum atomic E-state index is -0.886. The van der Waals surface area contributed by atoms with E-state index in [-0.39, 0.29) is 0 Å². The van der Waals surface area contributed by atoms with Crippen LogP contribution in [0.2, 0.25) is 0 Å². The van der Waals surface area contributed by atoms with Crippen molar-refractivity contribution in [2.45, 2.75) is 19.4 Å². The van der Waals surface area contributed by atoms with Crippen LogP contribution < -0.4 is 4.74 Å². The Morgan fingerprint density at radius 1 is 1.08 bits per heavy atom. The minimum Gasteiger partial charge on any atom is -0.497 e. The van der Waals surface area contributed by atoms with E-state index < -0.39 is 5.60 Å². The first-order valence-corrected chi connectivity index (χ1v) is 7.92. The van der Waals surface area contributed by atoms with Crippen molar-refractivity contribution in [1.29, 1.82) is 0 Å². The highest BCUT2D eigenvalue weighted by atomic mass is 16.5. The van der Waals surface area contributed by atoms with Crippen LogP contribution in [-0.2, 0) is 0 Å². The molecule has 122 valence electrons. The number of aliphatic hydroxyl groups is 1. The number of nitrogens with zero attached hydrogens (tertiary/aromatic N) is 1. The van der Waals surface area contributed by atoms with Crippen LogP contribution in [-0.4, -0.2) is 22.8 Å². The molecule has 0 saturated heterocycles. The standard InChI is InChI=1S/C21H21NO2/c1-21(2,23)12-11-19-18-10-5-4-7-16(18)14-22-20(19)15-8-6-9-17(13-15)24-3/h4-14,23H,1-3H3/b12-11+. The number of benzene rings is 2. The molecule has 0 fully saturated rings. The second-order valence-corrected chi connectivity index (χ2v) is 6.33. The van der Waals surface area contributed by atoms with E-state index in [9.17, 15) is 5.11 Å². The molecule has 1 heterocycles. The van der Waals surface area contributed by atoms with E-state index in [0.717, 1.165) is 33.3 Å². The number of ether oxygens (including phenoxy) is 1. The summed E-state index contributed by atoms with van der Waals surface area (Å²) < 4.78 is 5.33. The fourth-order valence-corrected chi connectivity index (χ4v) is 2.64. The summed E-state index contributed by atoms with van der Waals surface area (Å²) in [7, 11) is 1.65. The van der Waals surface area contributed by atoms with Gasteiger partial charge >= 0.3 is 0 Å². The normalized spacial score (nSPS) is 12.0. The molecule has 0 spiro atoms.